The Morgan fingerprint density at radius 2 is 1.79 bits per heavy atom. The van der Waals surface area contributed by atoms with Crippen LogP contribution in [0.5, 0.6) is 0 Å². The SMILES string of the molecule is CC(=CC=NN(C)c1ccccc1)C=C1Cc2ccccc2C1=O. The van der Waals surface area contributed by atoms with Crippen molar-refractivity contribution in [2.75, 3.05) is 12.1 Å². The Morgan fingerprint density at radius 1 is 1.08 bits per heavy atom. The number of para-hydroxylation sites is 1. The fraction of sp³-hybridized carbons (Fsp3) is 0.143. The number of benzene rings is 2. The van der Waals surface area contributed by atoms with Crippen molar-refractivity contribution in [1.29, 1.82) is 0 Å². The van der Waals surface area contributed by atoms with E-state index >= 15 is 0 Å². The van der Waals surface area contributed by atoms with Crippen molar-refractivity contribution in [2.45, 2.75) is 13.3 Å². The maximum Gasteiger partial charge on any atom is 0.189 e. The van der Waals surface area contributed by atoms with Crippen molar-refractivity contribution < 1.29 is 4.79 Å². The molecule has 0 saturated heterocycles. The number of hydrogen-bond acceptors (Lipinski definition) is 3. The van der Waals surface area contributed by atoms with Gasteiger partial charge in [0.1, 0.15) is 0 Å². The predicted molar refractivity (Wildman–Crippen MR) is 99.7 cm³/mol. The molecule has 3 nitrogen and oxygen atoms in total. The maximum absolute atomic E-state index is 12.4. The van der Waals surface area contributed by atoms with Gasteiger partial charge in [-0.1, -0.05) is 48.5 Å². The lowest BCUT2D eigenvalue weighted by atomic mass is 10.1. The Balaban J connectivity index is 1.69. The Bertz CT molecular complexity index is 832. The minimum Gasteiger partial charge on any atom is -0.289 e. The number of ketones is 1. The van der Waals surface area contributed by atoms with Gasteiger partial charge < -0.3 is 0 Å². The summed E-state index contributed by atoms with van der Waals surface area (Å²) in [5.74, 6) is 0.136. The predicted octanol–water partition coefficient (Wildman–Crippen LogP) is 4.42. The number of carbonyl (C=O) groups is 1. The number of fused-ring (bicyclic) bond motifs is 1. The van der Waals surface area contributed by atoms with Crippen LogP contribution in [0.2, 0.25) is 0 Å². The highest BCUT2D eigenvalue weighted by atomic mass is 16.1. The van der Waals surface area contributed by atoms with Gasteiger partial charge in [0.15, 0.2) is 5.78 Å². The first kappa shape index (κ1) is 15.9. The summed E-state index contributed by atoms with van der Waals surface area (Å²) in [5.41, 5.74) is 4.82. The van der Waals surface area contributed by atoms with E-state index in [0.717, 1.165) is 28.0 Å². The van der Waals surface area contributed by atoms with Crippen LogP contribution in [0.1, 0.15) is 22.8 Å². The second-order valence-electron chi connectivity index (χ2n) is 5.87. The molecule has 0 bridgehead atoms. The van der Waals surface area contributed by atoms with Crippen molar-refractivity contribution in [1.82, 2.24) is 0 Å². The van der Waals surface area contributed by atoms with E-state index in [9.17, 15) is 4.79 Å². The molecule has 1 aliphatic carbocycles. The van der Waals surface area contributed by atoms with E-state index in [1.54, 1.807) is 6.21 Å². The topological polar surface area (TPSA) is 32.7 Å². The second kappa shape index (κ2) is 7.09. The van der Waals surface area contributed by atoms with Crippen molar-refractivity contribution in [2.24, 2.45) is 5.10 Å². The number of hydrazone groups is 1. The summed E-state index contributed by atoms with van der Waals surface area (Å²) in [7, 11) is 1.91. The van der Waals surface area contributed by atoms with Crippen LogP contribution in [-0.2, 0) is 6.42 Å². The van der Waals surface area contributed by atoms with Crippen LogP contribution in [0.3, 0.4) is 0 Å². The summed E-state index contributed by atoms with van der Waals surface area (Å²) in [6.45, 7) is 1.98. The molecular formula is C21H20N2O. The molecule has 0 N–H and O–H groups in total. The highest BCUT2D eigenvalue weighted by Gasteiger charge is 2.23. The van der Waals surface area contributed by atoms with Crippen LogP contribution >= 0.6 is 0 Å². The standard InChI is InChI=1S/C21H20N2O/c1-16(12-13-22-23(2)19-9-4-3-5-10-19)14-18-15-17-8-6-7-11-20(17)21(18)24/h3-14H,15H2,1-2H3. The first-order valence-electron chi connectivity index (χ1n) is 7.98. The van der Waals surface area contributed by atoms with E-state index in [1.807, 2.05) is 85.7 Å². The first-order chi connectivity index (χ1) is 11.6. The first-order valence-corrected chi connectivity index (χ1v) is 7.98. The zero-order valence-electron chi connectivity index (χ0n) is 13.9. The Kier molecular flexibility index (Phi) is 4.71. The van der Waals surface area contributed by atoms with Gasteiger partial charge >= 0.3 is 0 Å². The van der Waals surface area contributed by atoms with Gasteiger partial charge in [0.05, 0.1) is 5.69 Å². The van der Waals surface area contributed by atoms with Crippen LogP contribution in [0.25, 0.3) is 0 Å². The van der Waals surface area contributed by atoms with Crippen LogP contribution in [0.4, 0.5) is 5.69 Å². The quantitative estimate of drug-likeness (QED) is 0.475. The number of carbonyl (C=O) groups excluding carboxylic acids is 1. The van der Waals surface area contributed by atoms with E-state index in [1.165, 1.54) is 0 Å². The van der Waals surface area contributed by atoms with Crippen molar-refractivity contribution in [3.63, 3.8) is 0 Å². The van der Waals surface area contributed by atoms with E-state index < -0.39 is 0 Å². The molecule has 0 spiro atoms. The van der Waals surface area contributed by atoms with E-state index in [4.69, 9.17) is 0 Å². The van der Waals surface area contributed by atoms with Crippen molar-refractivity contribution in [3.05, 3.63) is 89.0 Å². The highest BCUT2D eigenvalue weighted by molar-refractivity contribution is 6.13. The Hall–Kier alpha value is -2.94. The molecular weight excluding hydrogens is 296 g/mol. The van der Waals surface area contributed by atoms with Crippen molar-refractivity contribution >= 4 is 17.7 Å². The molecule has 0 aliphatic heterocycles. The van der Waals surface area contributed by atoms with Gasteiger partial charge in [0.2, 0.25) is 0 Å². The smallest absolute Gasteiger partial charge is 0.189 e. The van der Waals surface area contributed by atoms with Gasteiger partial charge in [-0.05, 0) is 36.3 Å². The molecule has 120 valence electrons. The lowest BCUT2D eigenvalue weighted by molar-refractivity contribution is 0.103. The molecule has 3 heteroatoms. The summed E-state index contributed by atoms with van der Waals surface area (Å²) < 4.78 is 0. The number of anilines is 1. The minimum absolute atomic E-state index is 0.136. The molecule has 0 radical (unpaired) electrons. The molecule has 0 aromatic heterocycles. The maximum atomic E-state index is 12.4. The summed E-state index contributed by atoms with van der Waals surface area (Å²) in [5, 5.41) is 6.20. The van der Waals surface area contributed by atoms with E-state index in [-0.39, 0.29) is 5.78 Å². The van der Waals surface area contributed by atoms with Gasteiger partial charge in [0, 0.05) is 30.8 Å². The average Bonchev–Trinajstić information content (AvgIpc) is 2.92. The third-order valence-corrected chi connectivity index (χ3v) is 4.04. The van der Waals surface area contributed by atoms with Gasteiger partial charge in [0.25, 0.3) is 0 Å². The summed E-state index contributed by atoms with van der Waals surface area (Å²) >= 11 is 0. The monoisotopic (exact) mass is 316 g/mol. The number of allylic oxidation sites excluding steroid dienone is 4. The highest BCUT2D eigenvalue weighted by Crippen LogP contribution is 2.26. The molecule has 24 heavy (non-hydrogen) atoms. The van der Waals surface area contributed by atoms with Gasteiger partial charge in [-0.25, -0.2) is 0 Å². The molecule has 2 aromatic carbocycles. The molecule has 1 aliphatic rings. The average molecular weight is 316 g/mol. The third-order valence-electron chi connectivity index (χ3n) is 4.04. The second-order valence-corrected chi connectivity index (χ2v) is 5.87. The molecule has 0 atom stereocenters. The fourth-order valence-electron chi connectivity index (χ4n) is 2.76. The molecule has 0 saturated carbocycles. The summed E-state index contributed by atoms with van der Waals surface area (Å²) in [6.07, 6.45) is 6.34. The zero-order valence-corrected chi connectivity index (χ0v) is 13.9. The van der Waals surface area contributed by atoms with Crippen LogP contribution in [0.15, 0.2) is 83.0 Å². The summed E-state index contributed by atoms with van der Waals surface area (Å²) in [4.78, 5) is 12.4. The summed E-state index contributed by atoms with van der Waals surface area (Å²) in [6, 6.07) is 17.8. The molecule has 3 rings (SSSR count). The lowest BCUT2D eigenvalue weighted by Gasteiger charge is -2.11. The zero-order chi connectivity index (χ0) is 16.9. The number of hydrogen-bond donors (Lipinski definition) is 0. The fourth-order valence-corrected chi connectivity index (χ4v) is 2.76. The van der Waals surface area contributed by atoms with E-state index in [2.05, 4.69) is 5.10 Å². The van der Waals surface area contributed by atoms with E-state index in [0.29, 0.717) is 6.42 Å². The normalized spacial score (nSPS) is 16.0. The van der Waals surface area contributed by atoms with Gasteiger partial charge in [-0.15, -0.1) is 0 Å². The Labute approximate surface area is 142 Å². The number of Topliss-reactive ketones (excluding diaryl/α,β-unsaturated/α-hetero) is 1. The lowest BCUT2D eigenvalue weighted by Crippen LogP contribution is -2.07. The van der Waals surface area contributed by atoms with Gasteiger partial charge in [-0.2, -0.15) is 5.10 Å². The molecule has 0 heterocycles. The van der Waals surface area contributed by atoms with Crippen LogP contribution in [0, 0.1) is 0 Å². The van der Waals surface area contributed by atoms with Crippen molar-refractivity contribution in [3.8, 4) is 0 Å². The Morgan fingerprint density at radius 3 is 2.54 bits per heavy atom. The number of nitrogens with zero attached hydrogens (tertiary/aromatic N) is 2. The molecule has 0 unspecified atom stereocenters. The van der Waals surface area contributed by atoms with Crippen LogP contribution < -0.4 is 5.01 Å². The van der Waals surface area contributed by atoms with Gasteiger partial charge in [-0.3, -0.25) is 9.80 Å². The molecule has 0 fully saturated rings. The van der Waals surface area contributed by atoms with Crippen LogP contribution in [-0.4, -0.2) is 19.0 Å². The molecule has 0 amide bonds. The minimum atomic E-state index is 0.136. The largest absolute Gasteiger partial charge is 0.289 e. The number of rotatable bonds is 4. The third kappa shape index (κ3) is 3.51. The molecule has 2 aromatic rings.